The summed E-state index contributed by atoms with van der Waals surface area (Å²) in [5, 5.41) is 201. The first-order chi connectivity index (χ1) is 31.6. The first-order valence-corrected chi connectivity index (χ1v) is 21.4. The van der Waals surface area contributed by atoms with E-state index in [-0.39, 0.29) is 6.42 Å². The van der Waals surface area contributed by atoms with Crippen LogP contribution in [0.1, 0.15) is 13.3 Å². The van der Waals surface area contributed by atoms with Gasteiger partial charge >= 0.3 is 0 Å². The Morgan fingerprint density at radius 1 is 0.358 bits per heavy atom. The van der Waals surface area contributed by atoms with Crippen LogP contribution >= 0.6 is 0 Å². The van der Waals surface area contributed by atoms with Crippen LogP contribution in [0.5, 0.6) is 0 Å². The van der Waals surface area contributed by atoms with Gasteiger partial charge in [-0.2, -0.15) is 0 Å². The molecule has 67 heavy (non-hydrogen) atoms. The van der Waals surface area contributed by atoms with Gasteiger partial charge in [0.25, 0.3) is 0 Å². The van der Waals surface area contributed by atoms with Crippen LogP contribution in [0.3, 0.4) is 0 Å². The highest BCUT2D eigenvalue weighted by Crippen LogP contribution is 2.44. The molecule has 6 rings (SSSR count). The van der Waals surface area contributed by atoms with Crippen LogP contribution < -0.4 is 0 Å². The Kier molecular flexibility index (Phi) is 17.7. The van der Waals surface area contributed by atoms with Crippen molar-refractivity contribution < 1.29 is 149 Å². The second kappa shape index (κ2) is 21.5. The largest absolute Gasteiger partial charge is 0.394 e. The summed E-state index contributed by atoms with van der Waals surface area (Å²) in [7, 11) is 0. The average molecular weight is 989 g/mol. The summed E-state index contributed by atoms with van der Waals surface area (Å²) < 4.78 is 62.6. The molecule has 6 saturated heterocycles. The first-order valence-electron chi connectivity index (χ1n) is 21.4. The fourth-order valence-electron chi connectivity index (χ4n) is 8.89. The van der Waals surface area contributed by atoms with E-state index in [1.54, 1.807) is 0 Å². The lowest BCUT2D eigenvalue weighted by atomic mass is 9.99. The monoisotopic (exact) mass is 988 g/mol. The molecule has 0 saturated carbocycles. The average Bonchev–Trinajstić information content (AvgIpc) is 4.00. The fourth-order valence-corrected chi connectivity index (χ4v) is 8.89. The predicted octanol–water partition coefficient (Wildman–Crippen LogP) is -12.7. The lowest BCUT2D eigenvalue weighted by molar-refractivity contribution is -0.405. The maximum atomic E-state index is 11.7. The highest BCUT2D eigenvalue weighted by Gasteiger charge is 2.65. The zero-order valence-electron chi connectivity index (χ0n) is 35.8. The van der Waals surface area contributed by atoms with Crippen molar-refractivity contribution in [3.63, 3.8) is 0 Å². The van der Waals surface area contributed by atoms with E-state index in [0.29, 0.717) is 0 Å². The normalized spacial score (nSPS) is 52.5. The van der Waals surface area contributed by atoms with Crippen molar-refractivity contribution >= 4 is 0 Å². The minimum atomic E-state index is -2.93. The summed E-state index contributed by atoms with van der Waals surface area (Å²) in [6.07, 6.45) is -38.3. The molecule has 6 aliphatic rings. The van der Waals surface area contributed by atoms with Gasteiger partial charge in [0.1, 0.15) is 142 Å². The molecule has 0 amide bonds. The Morgan fingerprint density at radius 3 is 1.13 bits per heavy atom. The molecule has 7 unspecified atom stereocenters. The van der Waals surface area contributed by atoms with Crippen LogP contribution in [0.25, 0.3) is 0 Å². The van der Waals surface area contributed by atoms with E-state index in [1.165, 1.54) is 6.92 Å². The van der Waals surface area contributed by atoms with Gasteiger partial charge < -0.3 is 149 Å². The first kappa shape index (κ1) is 55.1. The molecule has 6 heterocycles. The highest BCUT2D eigenvalue weighted by atomic mass is 16.8. The van der Waals surface area contributed by atoms with E-state index < -0.39 is 217 Å². The van der Waals surface area contributed by atoms with Crippen molar-refractivity contribution in [2.45, 2.75) is 165 Å². The topological polar surface area (TPSA) is 486 Å². The van der Waals surface area contributed by atoms with Crippen LogP contribution in [-0.2, 0) is 52.1 Å². The third-order valence-electron chi connectivity index (χ3n) is 13.2. The second-order valence-electron chi connectivity index (χ2n) is 17.2. The molecule has 0 radical (unpaired) electrons. The van der Waals surface area contributed by atoms with Crippen molar-refractivity contribution in [2.24, 2.45) is 0 Å². The zero-order chi connectivity index (χ0) is 49.6. The summed E-state index contributed by atoms with van der Waals surface area (Å²) in [6.45, 7) is -8.62. The predicted molar refractivity (Wildman–Crippen MR) is 202 cm³/mol. The molecule has 6 aliphatic heterocycles. The van der Waals surface area contributed by atoms with Crippen LogP contribution in [-0.4, -0.2) is 314 Å². The van der Waals surface area contributed by atoms with E-state index in [0.717, 1.165) is 0 Å². The van der Waals surface area contributed by atoms with Crippen molar-refractivity contribution in [3.8, 4) is 0 Å². The summed E-state index contributed by atoms with van der Waals surface area (Å²) >= 11 is 0. The summed E-state index contributed by atoms with van der Waals surface area (Å²) in [6, 6.07) is 0. The van der Waals surface area contributed by atoms with Crippen LogP contribution in [0.2, 0.25) is 0 Å². The maximum Gasteiger partial charge on any atom is 0.224 e. The Labute approximate surface area is 379 Å². The lowest BCUT2D eigenvalue weighted by Crippen LogP contribution is -2.63. The van der Waals surface area contributed by atoms with Gasteiger partial charge in [0.15, 0.2) is 12.1 Å². The Morgan fingerprint density at radius 2 is 0.701 bits per heavy atom. The minimum Gasteiger partial charge on any atom is -0.394 e. The molecule has 0 aromatic carbocycles. The van der Waals surface area contributed by atoms with Crippen LogP contribution in [0, 0.1) is 0 Å². The molecule has 30 heteroatoms. The Hall–Kier alpha value is -1.20. The molecule has 0 aliphatic carbocycles. The van der Waals surface area contributed by atoms with Gasteiger partial charge in [0.2, 0.25) is 23.1 Å². The van der Waals surface area contributed by atoms with Crippen LogP contribution in [0.4, 0.5) is 0 Å². The third-order valence-corrected chi connectivity index (χ3v) is 13.2. The molecule has 6 fully saturated rings. The van der Waals surface area contributed by atoms with Crippen molar-refractivity contribution in [1.82, 2.24) is 0 Å². The number of hydrogen-bond acceptors (Lipinski definition) is 30. The molecule has 30 nitrogen and oxygen atoms in total. The Balaban J connectivity index is 1.26. The zero-order valence-corrected chi connectivity index (χ0v) is 35.8. The van der Waals surface area contributed by atoms with E-state index >= 15 is 0 Å². The van der Waals surface area contributed by atoms with Crippen molar-refractivity contribution in [2.75, 3.05) is 66.1 Å². The smallest absolute Gasteiger partial charge is 0.224 e. The molecule has 0 aromatic heterocycles. The van der Waals surface area contributed by atoms with Gasteiger partial charge in [-0.05, 0) is 0 Å². The summed E-state index contributed by atoms with van der Waals surface area (Å²) in [5.74, 6) is -12.7. The van der Waals surface area contributed by atoms with Gasteiger partial charge in [-0.1, -0.05) is 6.92 Å². The van der Waals surface area contributed by atoms with E-state index in [9.17, 15) is 97.0 Å². The number of ether oxygens (including phenoxy) is 11. The van der Waals surface area contributed by atoms with E-state index in [2.05, 4.69) is 0 Å². The SMILES string of the molecule is CC[C@@]1(OC[C@@]2(OC[C@@]3(O[C@H]4OC(CO)[C@@H](O)[C@@H](O)C4O)O[C@H](CO[C@]4(CO)O[C@H](CO[C@]5(CO)O[C@H](CO)[C@H](O)C5O)[C@H](O)C4O)[C@H](O)C3O)O[C@H](CO)[C@H](O)C2O)O[C@H](CO)[C@H](O)C1O. The molecule has 0 spiro atoms. The molecule has 392 valence electrons. The molecular formula is C37H64O30. The molecular weight excluding hydrogens is 924 g/mol. The Bertz CT molecular complexity index is 1590. The summed E-state index contributed by atoms with van der Waals surface area (Å²) in [4.78, 5) is 0. The number of aliphatic hydroxyl groups is 19. The summed E-state index contributed by atoms with van der Waals surface area (Å²) in [5.41, 5.74) is 0. The van der Waals surface area contributed by atoms with E-state index in [4.69, 9.17) is 52.1 Å². The van der Waals surface area contributed by atoms with Crippen LogP contribution in [0.15, 0.2) is 0 Å². The van der Waals surface area contributed by atoms with Gasteiger partial charge in [-0.15, -0.1) is 0 Å². The molecule has 19 N–H and O–H groups in total. The molecule has 25 atom stereocenters. The van der Waals surface area contributed by atoms with Gasteiger partial charge in [0, 0.05) is 6.42 Å². The highest BCUT2D eigenvalue weighted by molar-refractivity contribution is 5.05. The number of aliphatic hydroxyl groups excluding tert-OH is 19. The van der Waals surface area contributed by atoms with Gasteiger partial charge in [-0.25, -0.2) is 0 Å². The number of rotatable bonds is 21. The lowest BCUT2D eigenvalue weighted by Gasteiger charge is -2.44. The van der Waals surface area contributed by atoms with E-state index in [1.807, 2.05) is 0 Å². The minimum absolute atomic E-state index is 0.228. The van der Waals surface area contributed by atoms with Crippen molar-refractivity contribution in [3.05, 3.63) is 0 Å². The van der Waals surface area contributed by atoms with Crippen molar-refractivity contribution in [1.29, 1.82) is 0 Å². The third kappa shape index (κ3) is 9.76. The fraction of sp³-hybridized carbons (Fsp3) is 1.00. The molecule has 0 aromatic rings. The molecule has 0 bridgehead atoms. The second-order valence-corrected chi connectivity index (χ2v) is 17.2. The standard InChI is InChI=1S/C37H64O30/c1-2-33(27(52)20(45)14(4-39)62-33)59-11-36(30(55)22(47)16(6-41)64-36)60-12-37(67-32-26(51)25(50)19(44)13(3-38)61-32)31(56)24(49)18(66-37)8-58-35(10-43)29(54)23(48)17(65-35)7-57-34(9-42)28(53)21(46)15(5-40)63-34/h13-32,38-56H,2-12H2,1H3/t13?,14-,15-,16-,17-,18-,19-,20+,21+,22+,23+,24+,25-,26?,27?,28?,29?,30?,31?,32-,33-,34-,35-,36-,37+/m1/s1. The van der Waals surface area contributed by atoms with Gasteiger partial charge in [-0.3, -0.25) is 0 Å². The number of hydrogen-bond donors (Lipinski definition) is 19. The quantitative estimate of drug-likeness (QED) is 0.0508. The maximum absolute atomic E-state index is 11.7. The van der Waals surface area contributed by atoms with Gasteiger partial charge in [0.05, 0.1) is 39.6 Å².